The number of fused-ring (bicyclic) bond motifs is 1. The maximum absolute atomic E-state index is 12.5. The van der Waals surface area contributed by atoms with E-state index in [1.807, 2.05) is 30.3 Å². The maximum Gasteiger partial charge on any atom is 0.327 e. The highest BCUT2D eigenvalue weighted by Gasteiger charge is 2.32. The van der Waals surface area contributed by atoms with Crippen LogP contribution < -0.4 is 10.2 Å². The van der Waals surface area contributed by atoms with Gasteiger partial charge in [-0.1, -0.05) is 18.2 Å². The second-order valence-electron chi connectivity index (χ2n) is 6.10. The second-order valence-corrected chi connectivity index (χ2v) is 6.10. The number of benzene rings is 1. The molecule has 6 nitrogen and oxygen atoms in total. The lowest BCUT2D eigenvalue weighted by Crippen LogP contribution is -2.34. The van der Waals surface area contributed by atoms with Crippen molar-refractivity contribution >= 4 is 17.5 Å². The molecule has 1 fully saturated rings. The van der Waals surface area contributed by atoms with Gasteiger partial charge in [-0.3, -0.25) is 10.2 Å². The van der Waals surface area contributed by atoms with E-state index >= 15 is 0 Å². The number of aliphatic hydroxyl groups excluding tert-OH is 1. The average molecular weight is 310 g/mol. The topological polar surface area (TPSA) is 78.4 Å². The minimum Gasteiger partial charge on any atom is -0.396 e. The fourth-order valence-electron chi connectivity index (χ4n) is 3.03. The number of nitrogens with zero attached hydrogens (tertiary/aromatic N) is 3. The Balaban J connectivity index is 1.51. The van der Waals surface area contributed by atoms with Crippen LogP contribution >= 0.6 is 0 Å². The molecule has 2 aliphatic rings. The SMILES string of the molecule is O=C(Nc1ccc(C2CC2)nn1)N1CC(CO)c2ccccc21. The summed E-state index contributed by atoms with van der Waals surface area (Å²) in [6.07, 6.45) is 2.35. The molecule has 2 amide bonds. The van der Waals surface area contributed by atoms with Crippen molar-refractivity contribution in [2.45, 2.75) is 24.7 Å². The Morgan fingerprint density at radius 3 is 2.74 bits per heavy atom. The molecule has 23 heavy (non-hydrogen) atoms. The van der Waals surface area contributed by atoms with Crippen LogP contribution in [0.3, 0.4) is 0 Å². The van der Waals surface area contributed by atoms with Crippen molar-refractivity contribution in [1.82, 2.24) is 10.2 Å². The number of rotatable bonds is 3. The molecule has 1 unspecified atom stereocenters. The number of para-hydroxylation sites is 1. The van der Waals surface area contributed by atoms with Crippen LogP contribution in [-0.4, -0.2) is 34.5 Å². The largest absolute Gasteiger partial charge is 0.396 e. The summed E-state index contributed by atoms with van der Waals surface area (Å²) in [7, 11) is 0. The van der Waals surface area contributed by atoms with Gasteiger partial charge >= 0.3 is 6.03 Å². The van der Waals surface area contributed by atoms with Crippen molar-refractivity contribution in [3.63, 3.8) is 0 Å². The molecule has 4 rings (SSSR count). The Bertz CT molecular complexity index is 728. The summed E-state index contributed by atoms with van der Waals surface area (Å²) >= 11 is 0. The minimum absolute atomic E-state index is 0.0245. The molecule has 118 valence electrons. The van der Waals surface area contributed by atoms with Gasteiger partial charge in [0.2, 0.25) is 0 Å². The van der Waals surface area contributed by atoms with E-state index in [0.717, 1.165) is 16.9 Å². The molecule has 0 radical (unpaired) electrons. The lowest BCUT2D eigenvalue weighted by Gasteiger charge is -2.18. The highest BCUT2D eigenvalue weighted by atomic mass is 16.3. The van der Waals surface area contributed by atoms with Gasteiger partial charge in [0.15, 0.2) is 5.82 Å². The van der Waals surface area contributed by atoms with Gasteiger partial charge in [0.25, 0.3) is 0 Å². The molecule has 0 bridgehead atoms. The van der Waals surface area contributed by atoms with Crippen LogP contribution in [0.1, 0.15) is 35.9 Å². The van der Waals surface area contributed by atoms with Crippen LogP contribution in [0, 0.1) is 0 Å². The fourth-order valence-corrected chi connectivity index (χ4v) is 3.03. The summed E-state index contributed by atoms with van der Waals surface area (Å²) < 4.78 is 0. The van der Waals surface area contributed by atoms with Crippen molar-refractivity contribution in [1.29, 1.82) is 0 Å². The van der Waals surface area contributed by atoms with Crippen LogP contribution in [-0.2, 0) is 0 Å². The lowest BCUT2D eigenvalue weighted by atomic mass is 10.0. The van der Waals surface area contributed by atoms with Gasteiger partial charge in [0.1, 0.15) is 0 Å². The number of urea groups is 1. The molecule has 2 heterocycles. The van der Waals surface area contributed by atoms with Gasteiger partial charge in [-0.25, -0.2) is 4.79 Å². The number of anilines is 2. The van der Waals surface area contributed by atoms with E-state index in [4.69, 9.17) is 0 Å². The van der Waals surface area contributed by atoms with E-state index in [1.54, 1.807) is 11.0 Å². The van der Waals surface area contributed by atoms with Crippen LogP contribution in [0.5, 0.6) is 0 Å². The van der Waals surface area contributed by atoms with Crippen molar-refractivity contribution < 1.29 is 9.90 Å². The lowest BCUT2D eigenvalue weighted by molar-refractivity contribution is 0.253. The Labute approximate surface area is 134 Å². The first-order chi connectivity index (χ1) is 11.3. The number of aliphatic hydroxyl groups is 1. The standard InChI is InChI=1S/C17H18N4O2/c22-10-12-9-21(15-4-2-1-3-13(12)15)17(23)18-16-8-7-14(19-20-16)11-5-6-11/h1-4,7-8,11-12,22H,5-6,9-10H2,(H,18,20,23). The number of nitrogens with one attached hydrogen (secondary N) is 1. The third kappa shape index (κ3) is 2.66. The second kappa shape index (κ2) is 5.62. The smallest absolute Gasteiger partial charge is 0.327 e. The molecule has 1 aromatic heterocycles. The first kappa shape index (κ1) is 14.1. The van der Waals surface area contributed by atoms with E-state index in [-0.39, 0.29) is 18.6 Å². The molecule has 1 saturated carbocycles. The highest BCUT2D eigenvalue weighted by Crippen LogP contribution is 2.39. The average Bonchev–Trinajstić information content (AvgIpc) is 3.36. The summed E-state index contributed by atoms with van der Waals surface area (Å²) in [5.74, 6) is 0.952. The van der Waals surface area contributed by atoms with Crippen LogP contribution in [0.15, 0.2) is 36.4 Å². The monoisotopic (exact) mass is 310 g/mol. The minimum atomic E-state index is -0.248. The number of carbonyl (C=O) groups excluding carboxylic acids is 1. The molecule has 1 atom stereocenters. The van der Waals surface area contributed by atoms with Crippen molar-refractivity contribution in [2.75, 3.05) is 23.4 Å². The Hall–Kier alpha value is -2.47. The molecule has 1 aliphatic heterocycles. The Kier molecular flexibility index (Phi) is 3.46. The zero-order valence-electron chi connectivity index (χ0n) is 12.6. The van der Waals surface area contributed by atoms with E-state index < -0.39 is 0 Å². The number of carbonyl (C=O) groups is 1. The molecular weight excluding hydrogens is 292 g/mol. The summed E-state index contributed by atoms with van der Waals surface area (Å²) in [5.41, 5.74) is 2.83. The number of hydrogen-bond donors (Lipinski definition) is 2. The van der Waals surface area contributed by atoms with Crippen LogP contribution in [0.4, 0.5) is 16.3 Å². The molecule has 1 aliphatic carbocycles. The van der Waals surface area contributed by atoms with E-state index in [1.165, 1.54) is 12.8 Å². The maximum atomic E-state index is 12.5. The van der Waals surface area contributed by atoms with Gasteiger partial charge in [-0.15, -0.1) is 5.10 Å². The molecule has 1 aromatic carbocycles. The first-order valence-corrected chi connectivity index (χ1v) is 7.88. The van der Waals surface area contributed by atoms with Gasteiger partial charge in [-0.05, 0) is 36.6 Å². The predicted molar refractivity (Wildman–Crippen MR) is 86.6 cm³/mol. The first-order valence-electron chi connectivity index (χ1n) is 7.88. The zero-order chi connectivity index (χ0) is 15.8. The molecule has 2 aromatic rings. The Morgan fingerprint density at radius 2 is 2.04 bits per heavy atom. The van der Waals surface area contributed by atoms with Crippen molar-refractivity contribution in [3.05, 3.63) is 47.7 Å². The van der Waals surface area contributed by atoms with Crippen molar-refractivity contribution in [2.24, 2.45) is 0 Å². The summed E-state index contributed by atoms with van der Waals surface area (Å²) in [6, 6.07) is 11.1. The van der Waals surface area contributed by atoms with Gasteiger partial charge in [-0.2, -0.15) is 5.10 Å². The fraction of sp³-hybridized carbons (Fsp3) is 0.353. The summed E-state index contributed by atoms with van der Waals surface area (Å²) in [5, 5.41) is 20.6. The van der Waals surface area contributed by atoms with Crippen LogP contribution in [0.2, 0.25) is 0 Å². The summed E-state index contributed by atoms with van der Waals surface area (Å²) in [4.78, 5) is 14.2. The van der Waals surface area contributed by atoms with E-state index in [9.17, 15) is 9.90 Å². The molecule has 0 saturated heterocycles. The third-order valence-corrected chi connectivity index (χ3v) is 4.45. The normalized spacial score (nSPS) is 19.5. The van der Waals surface area contributed by atoms with Crippen molar-refractivity contribution in [3.8, 4) is 0 Å². The van der Waals surface area contributed by atoms with Crippen LogP contribution in [0.25, 0.3) is 0 Å². The molecule has 6 heteroatoms. The number of amides is 2. The van der Waals surface area contributed by atoms with Gasteiger partial charge in [0, 0.05) is 24.1 Å². The van der Waals surface area contributed by atoms with Gasteiger partial charge in [0.05, 0.1) is 12.3 Å². The highest BCUT2D eigenvalue weighted by molar-refractivity contribution is 6.02. The molecule has 2 N–H and O–H groups in total. The number of hydrogen-bond acceptors (Lipinski definition) is 4. The van der Waals surface area contributed by atoms with E-state index in [2.05, 4.69) is 15.5 Å². The summed E-state index contributed by atoms with van der Waals surface area (Å²) in [6.45, 7) is 0.492. The predicted octanol–water partition coefficient (Wildman–Crippen LogP) is 2.48. The van der Waals surface area contributed by atoms with Gasteiger partial charge < -0.3 is 5.11 Å². The molecule has 0 spiro atoms. The number of aromatic nitrogens is 2. The Morgan fingerprint density at radius 1 is 1.22 bits per heavy atom. The van der Waals surface area contributed by atoms with E-state index in [0.29, 0.717) is 18.3 Å². The quantitative estimate of drug-likeness (QED) is 0.913. The third-order valence-electron chi connectivity index (χ3n) is 4.45. The zero-order valence-corrected chi connectivity index (χ0v) is 12.6. The molecular formula is C17H18N4O2.